The fraction of sp³-hybridized carbons (Fsp3) is 0.714. The topological polar surface area (TPSA) is 87.4 Å². The normalized spacial score (nSPS) is 17.9. The largest absolute Gasteiger partial charge is 0.356 e. The maximum Gasteiger partial charge on any atom is 0.263 e. The maximum absolute atomic E-state index is 12.3. The molecule has 2 fully saturated rings. The molecule has 2 aromatic heterocycles. The minimum atomic E-state index is 0.0548. The molecular weight excluding hydrogens is 368 g/mol. The fourth-order valence-corrected chi connectivity index (χ4v) is 4.30. The number of rotatable bonds is 8. The minimum Gasteiger partial charge on any atom is -0.356 e. The van der Waals surface area contributed by atoms with Gasteiger partial charge in [0, 0.05) is 39.0 Å². The Balaban J connectivity index is 1.41. The molecule has 4 rings (SSSR count). The van der Waals surface area contributed by atoms with Crippen molar-refractivity contribution in [1.29, 1.82) is 0 Å². The number of aromatic nitrogens is 3. The van der Waals surface area contributed by atoms with Crippen molar-refractivity contribution in [2.75, 3.05) is 44.2 Å². The van der Waals surface area contributed by atoms with Crippen LogP contribution in [-0.2, 0) is 17.6 Å². The third-order valence-electron chi connectivity index (χ3n) is 5.95. The lowest BCUT2D eigenvalue weighted by molar-refractivity contribution is -0.121. The van der Waals surface area contributed by atoms with Gasteiger partial charge in [-0.1, -0.05) is 12.1 Å². The number of nitrogens with one attached hydrogen (secondary N) is 1. The number of fused-ring (bicyclic) bond motifs is 1. The summed E-state index contributed by atoms with van der Waals surface area (Å²) in [6, 6.07) is 0. The molecule has 0 aromatic carbocycles. The molecular formula is C21H32N6O2. The molecule has 0 spiro atoms. The molecule has 1 N–H and O–H groups in total. The molecule has 0 radical (unpaired) electrons. The lowest BCUT2D eigenvalue weighted by Gasteiger charge is -2.28. The third-order valence-corrected chi connectivity index (χ3v) is 5.95. The van der Waals surface area contributed by atoms with Gasteiger partial charge in [-0.25, -0.2) is 4.98 Å². The summed E-state index contributed by atoms with van der Waals surface area (Å²) >= 11 is 0. The first-order chi connectivity index (χ1) is 14.2. The van der Waals surface area contributed by atoms with Crippen LogP contribution in [0.2, 0.25) is 0 Å². The van der Waals surface area contributed by atoms with Crippen molar-refractivity contribution in [3.8, 4) is 0 Å². The van der Waals surface area contributed by atoms with Gasteiger partial charge < -0.3 is 19.6 Å². The molecule has 2 aliphatic heterocycles. The van der Waals surface area contributed by atoms with Crippen LogP contribution in [0.1, 0.15) is 57.0 Å². The number of hydrogen-bond acceptors (Lipinski definition) is 7. The fourth-order valence-electron chi connectivity index (χ4n) is 4.30. The zero-order valence-corrected chi connectivity index (χ0v) is 17.5. The van der Waals surface area contributed by atoms with E-state index >= 15 is 0 Å². The van der Waals surface area contributed by atoms with Gasteiger partial charge in [0.25, 0.3) is 5.71 Å². The van der Waals surface area contributed by atoms with Gasteiger partial charge >= 0.3 is 0 Å². The van der Waals surface area contributed by atoms with E-state index in [4.69, 9.17) is 9.51 Å². The molecule has 158 valence electrons. The van der Waals surface area contributed by atoms with E-state index in [9.17, 15) is 4.79 Å². The molecule has 29 heavy (non-hydrogen) atoms. The van der Waals surface area contributed by atoms with Crippen molar-refractivity contribution in [1.82, 2.24) is 25.3 Å². The van der Waals surface area contributed by atoms with Gasteiger partial charge in [0.1, 0.15) is 17.0 Å². The first-order valence-electron chi connectivity index (χ1n) is 11.1. The van der Waals surface area contributed by atoms with Gasteiger partial charge in [0.15, 0.2) is 0 Å². The molecule has 2 aliphatic rings. The molecule has 4 heterocycles. The standard InChI is InChI=1S/C21H32N6O2/c1-2-16-19-20(27-13-4-3-5-14-27)23-17(24-21(19)29-25-16)8-9-18(28)22-10-15-26-11-6-7-12-26/h2-15H2,1H3,(H,22,28). The van der Waals surface area contributed by atoms with Crippen LogP contribution >= 0.6 is 0 Å². The Bertz CT molecular complexity index is 824. The van der Waals surface area contributed by atoms with Crippen molar-refractivity contribution < 1.29 is 9.32 Å². The van der Waals surface area contributed by atoms with Gasteiger partial charge in [0.05, 0.1) is 5.69 Å². The van der Waals surface area contributed by atoms with Crippen molar-refractivity contribution in [3.63, 3.8) is 0 Å². The smallest absolute Gasteiger partial charge is 0.263 e. The van der Waals surface area contributed by atoms with E-state index in [-0.39, 0.29) is 5.91 Å². The lowest BCUT2D eigenvalue weighted by Crippen LogP contribution is -2.33. The number of anilines is 1. The van der Waals surface area contributed by atoms with Crippen LogP contribution in [-0.4, -0.2) is 65.2 Å². The number of amides is 1. The van der Waals surface area contributed by atoms with E-state index < -0.39 is 0 Å². The van der Waals surface area contributed by atoms with Gasteiger partial charge in [-0.3, -0.25) is 4.79 Å². The molecule has 2 saturated heterocycles. The minimum absolute atomic E-state index is 0.0548. The average molecular weight is 401 g/mol. The molecule has 0 saturated carbocycles. The van der Waals surface area contributed by atoms with Crippen molar-refractivity contribution >= 4 is 22.8 Å². The number of hydrogen-bond donors (Lipinski definition) is 1. The average Bonchev–Trinajstić information content (AvgIpc) is 3.42. The van der Waals surface area contributed by atoms with Gasteiger partial charge in [0.2, 0.25) is 5.91 Å². The summed E-state index contributed by atoms with van der Waals surface area (Å²) in [7, 11) is 0. The predicted molar refractivity (Wildman–Crippen MR) is 112 cm³/mol. The molecule has 0 unspecified atom stereocenters. The first kappa shape index (κ1) is 20.1. The number of piperidine rings is 1. The Morgan fingerprint density at radius 3 is 2.59 bits per heavy atom. The zero-order chi connectivity index (χ0) is 20.1. The summed E-state index contributed by atoms with van der Waals surface area (Å²) < 4.78 is 5.51. The van der Waals surface area contributed by atoms with Crippen LogP contribution in [0.3, 0.4) is 0 Å². The highest BCUT2D eigenvalue weighted by molar-refractivity contribution is 5.88. The van der Waals surface area contributed by atoms with Crippen LogP contribution in [0.4, 0.5) is 5.82 Å². The second-order valence-corrected chi connectivity index (χ2v) is 8.07. The molecule has 0 bridgehead atoms. The summed E-state index contributed by atoms with van der Waals surface area (Å²) in [4.78, 5) is 26.4. The van der Waals surface area contributed by atoms with Gasteiger partial charge in [-0.05, 0) is 51.6 Å². The second-order valence-electron chi connectivity index (χ2n) is 8.07. The highest BCUT2D eigenvalue weighted by Gasteiger charge is 2.22. The SMILES string of the molecule is CCc1noc2nc(CCC(=O)NCCN3CCCC3)nc(N3CCCCC3)c12. The number of likely N-dealkylation sites (tertiary alicyclic amines) is 1. The molecule has 0 atom stereocenters. The molecule has 0 aliphatic carbocycles. The number of aryl methyl sites for hydroxylation is 2. The highest BCUT2D eigenvalue weighted by Crippen LogP contribution is 2.29. The summed E-state index contributed by atoms with van der Waals surface area (Å²) in [5, 5.41) is 8.16. The van der Waals surface area contributed by atoms with Crippen LogP contribution < -0.4 is 10.2 Å². The molecule has 8 nitrogen and oxygen atoms in total. The van der Waals surface area contributed by atoms with Crippen LogP contribution in [0.15, 0.2) is 4.52 Å². The van der Waals surface area contributed by atoms with Crippen molar-refractivity contribution in [3.05, 3.63) is 11.5 Å². The predicted octanol–water partition coefficient (Wildman–Crippen LogP) is 2.32. The van der Waals surface area contributed by atoms with Crippen LogP contribution in [0.25, 0.3) is 11.1 Å². The number of nitrogens with zero attached hydrogens (tertiary/aromatic N) is 5. The Hall–Kier alpha value is -2.22. The monoisotopic (exact) mass is 400 g/mol. The van der Waals surface area contributed by atoms with E-state index in [0.717, 1.165) is 56.0 Å². The van der Waals surface area contributed by atoms with Gasteiger partial charge in [-0.15, -0.1) is 0 Å². The second kappa shape index (κ2) is 9.52. The maximum atomic E-state index is 12.3. The summed E-state index contributed by atoms with van der Waals surface area (Å²) in [6.45, 7) is 8.01. The van der Waals surface area contributed by atoms with Crippen molar-refractivity contribution in [2.45, 2.75) is 58.3 Å². The van der Waals surface area contributed by atoms with Crippen molar-refractivity contribution in [2.24, 2.45) is 0 Å². The summed E-state index contributed by atoms with van der Waals surface area (Å²) in [5.41, 5.74) is 1.45. The summed E-state index contributed by atoms with van der Waals surface area (Å²) in [5.74, 6) is 1.64. The number of carbonyl (C=O) groups is 1. The van der Waals surface area contributed by atoms with E-state index in [1.54, 1.807) is 0 Å². The van der Waals surface area contributed by atoms with E-state index in [1.807, 2.05) is 0 Å². The number of carbonyl (C=O) groups excluding carboxylic acids is 1. The molecule has 8 heteroatoms. The Kier molecular flexibility index (Phi) is 6.59. The zero-order valence-electron chi connectivity index (χ0n) is 17.5. The molecule has 2 aromatic rings. The van der Waals surface area contributed by atoms with E-state index in [0.29, 0.717) is 30.9 Å². The van der Waals surface area contributed by atoms with E-state index in [2.05, 4.69) is 32.2 Å². The Morgan fingerprint density at radius 2 is 1.83 bits per heavy atom. The van der Waals surface area contributed by atoms with Gasteiger partial charge in [-0.2, -0.15) is 4.98 Å². The summed E-state index contributed by atoms with van der Waals surface area (Å²) in [6.07, 6.45) is 7.84. The first-order valence-corrected chi connectivity index (χ1v) is 11.1. The lowest BCUT2D eigenvalue weighted by atomic mass is 10.1. The Labute approximate surface area is 172 Å². The molecule has 1 amide bonds. The Morgan fingerprint density at radius 1 is 1.07 bits per heavy atom. The van der Waals surface area contributed by atoms with Crippen LogP contribution in [0.5, 0.6) is 0 Å². The quantitative estimate of drug-likeness (QED) is 0.727. The highest BCUT2D eigenvalue weighted by atomic mass is 16.5. The van der Waals surface area contributed by atoms with Crippen LogP contribution in [0, 0.1) is 0 Å². The third kappa shape index (κ3) is 4.86. The van der Waals surface area contributed by atoms with E-state index in [1.165, 1.54) is 32.1 Å².